The van der Waals surface area contributed by atoms with Crippen molar-refractivity contribution in [3.63, 3.8) is 0 Å². The Labute approximate surface area is 68.2 Å². The molecular weight excluding hydrogens is 210 g/mol. The molecule has 1 unspecified atom stereocenters. The van der Waals surface area contributed by atoms with Gasteiger partial charge in [0.2, 0.25) is 0 Å². The van der Waals surface area contributed by atoms with Gasteiger partial charge in [0.25, 0.3) is 0 Å². The van der Waals surface area contributed by atoms with E-state index in [1.165, 1.54) is 0 Å². The minimum absolute atomic E-state index is 0.576. The summed E-state index contributed by atoms with van der Waals surface area (Å²) in [5.41, 5.74) is 0. The maximum absolute atomic E-state index is 10.5. The largest absolute Gasteiger partial charge is 0.482 e. The summed E-state index contributed by atoms with van der Waals surface area (Å²) in [5, 5.41) is 0. The van der Waals surface area contributed by atoms with Crippen LogP contribution in [0.4, 0.5) is 0 Å². The Hall–Kier alpha value is -0.180. The summed E-state index contributed by atoms with van der Waals surface area (Å²) in [6.07, 6.45) is 4.64. The van der Waals surface area contributed by atoms with E-state index in [4.69, 9.17) is 14.7 Å². The van der Waals surface area contributed by atoms with Crippen molar-refractivity contribution in [1.29, 1.82) is 0 Å². The Morgan fingerprint density at radius 3 is 2.17 bits per heavy atom. The SMILES string of the molecule is C#CCOP(=O)(O)OP(=O)(O)O. The van der Waals surface area contributed by atoms with Crippen LogP contribution in [0.5, 0.6) is 0 Å². The Bertz CT molecular complexity index is 271. The average molecular weight is 216 g/mol. The molecule has 12 heavy (non-hydrogen) atoms. The first-order valence-electron chi connectivity index (χ1n) is 2.44. The van der Waals surface area contributed by atoms with Crippen molar-refractivity contribution in [2.24, 2.45) is 0 Å². The van der Waals surface area contributed by atoms with E-state index < -0.39 is 22.3 Å². The molecule has 0 spiro atoms. The fourth-order valence-electron chi connectivity index (χ4n) is 0.277. The lowest BCUT2D eigenvalue weighted by molar-refractivity contribution is 0.193. The summed E-state index contributed by atoms with van der Waals surface area (Å²) >= 11 is 0. The smallest absolute Gasteiger partial charge is 0.302 e. The molecule has 0 radical (unpaired) electrons. The van der Waals surface area contributed by atoms with Crippen molar-refractivity contribution >= 4 is 15.6 Å². The van der Waals surface area contributed by atoms with Gasteiger partial charge in [-0.25, -0.2) is 9.13 Å². The van der Waals surface area contributed by atoms with Crippen LogP contribution in [-0.4, -0.2) is 21.3 Å². The van der Waals surface area contributed by atoms with Gasteiger partial charge in [-0.15, -0.1) is 6.42 Å². The molecule has 9 heteroatoms. The first kappa shape index (κ1) is 11.8. The van der Waals surface area contributed by atoms with E-state index in [1.54, 1.807) is 0 Å². The third-order valence-electron chi connectivity index (χ3n) is 0.521. The molecule has 0 bridgehead atoms. The second kappa shape index (κ2) is 4.17. The predicted molar refractivity (Wildman–Crippen MR) is 37.7 cm³/mol. The molecule has 70 valence electrons. The maximum atomic E-state index is 10.5. The van der Waals surface area contributed by atoms with Crippen LogP contribution in [0, 0.1) is 12.3 Å². The molecule has 0 rings (SSSR count). The van der Waals surface area contributed by atoms with E-state index in [9.17, 15) is 9.13 Å². The minimum atomic E-state index is -5.03. The van der Waals surface area contributed by atoms with Crippen LogP contribution in [0.2, 0.25) is 0 Å². The lowest BCUT2D eigenvalue weighted by atomic mass is 10.8. The van der Waals surface area contributed by atoms with Gasteiger partial charge >= 0.3 is 15.6 Å². The Balaban J connectivity index is 4.17. The second-order valence-corrected chi connectivity index (χ2v) is 4.35. The zero-order valence-corrected chi connectivity index (χ0v) is 7.44. The standard InChI is InChI=1S/C3H6O7P2/c1-2-3-9-12(7,8)10-11(4,5)6/h1H,3H2,(H,7,8)(H2,4,5,6). The van der Waals surface area contributed by atoms with Crippen LogP contribution in [0.15, 0.2) is 0 Å². The molecule has 7 nitrogen and oxygen atoms in total. The van der Waals surface area contributed by atoms with Gasteiger partial charge in [-0.2, -0.15) is 4.31 Å². The molecule has 0 aromatic heterocycles. The molecule has 0 saturated carbocycles. The molecule has 0 heterocycles. The molecule has 0 aliphatic heterocycles. The maximum Gasteiger partial charge on any atom is 0.482 e. The van der Waals surface area contributed by atoms with Gasteiger partial charge in [0, 0.05) is 0 Å². The van der Waals surface area contributed by atoms with Crippen molar-refractivity contribution < 1.29 is 32.6 Å². The van der Waals surface area contributed by atoms with Crippen LogP contribution < -0.4 is 0 Å². The third kappa shape index (κ3) is 6.53. The number of phosphoric acid groups is 2. The van der Waals surface area contributed by atoms with E-state index in [2.05, 4.69) is 15.3 Å². The molecular formula is C3H6O7P2. The molecule has 0 aromatic carbocycles. The molecule has 0 aliphatic carbocycles. The first-order valence-corrected chi connectivity index (χ1v) is 5.47. The zero-order valence-electron chi connectivity index (χ0n) is 5.65. The lowest BCUT2D eigenvalue weighted by Gasteiger charge is -2.09. The van der Waals surface area contributed by atoms with Crippen LogP contribution in [-0.2, 0) is 18.0 Å². The van der Waals surface area contributed by atoms with Gasteiger partial charge in [-0.1, -0.05) is 5.92 Å². The second-order valence-electron chi connectivity index (χ2n) is 1.52. The van der Waals surface area contributed by atoms with Crippen LogP contribution in [0.1, 0.15) is 0 Å². The predicted octanol–water partition coefficient (Wildman–Crippen LogP) is -0.154. The monoisotopic (exact) mass is 216 g/mol. The summed E-state index contributed by atoms with van der Waals surface area (Å²) in [7, 11) is -9.77. The number of rotatable bonds is 4. The van der Waals surface area contributed by atoms with Crippen LogP contribution >= 0.6 is 15.6 Å². The molecule has 0 aromatic rings. The highest BCUT2D eigenvalue weighted by Crippen LogP contribution is 2.57. The average Bonchev–Trinajstić information content (AvgIpc) is 1.78. The molecule has 0 aliphatic rings. The Morgan fingerprint density at radius 2 is 1.83 bits per heavy atom. The van der Waals surface area contributed by atoms with Crippen molar-refractivity contribution in [2.45, 2.75) is 0 Å². The normalized spacial score (nSPS) is 16.5. The number of hydrogen-bond acceptors (Lipinski definition) is 4. The minimum Gasteiger partial charge on any atom is -0.302 e. The molecule has 0 saturated heterocycles. The van der Waals surface area contributed by atoms with Crippen molar-refractivity contribution in [3.8, 4) is 12.3 Å². The fourth-order valence-corrected chi connectivity index (χ4v) is 1.78. The van der Waals surface area contributed by atoms with E-state index in [0.717, 1.165) is 0 Å². The van der Waals surface area contributed by atoms with Gasteiger partial charge in [0.05, 0.1) is 0 Å². The zero-order chi connectivity index (χ0) is 9.83. The van der Waals surface area contributed by atoms with E-state index >= 15 is 0 Å². The summed E-state index contributed by atoms with van der Waals surface area (Å²) in [4.78, 5) is 24.7. The van der Waals surface area contributed by atoms with Crippen molar-refractivity contribution in [3.05, 3.63) is 0 Å². The molecule has 1 atom stereocenters. The van der Waals surface area contributed by atoms with Crippen molar-refractivity contribution in [1.82, 2.24) is 0 Å². The van der Waals surface area contributed by atoms with E-state index in [1.807, 2.05) is 5.92 Å². The van der Waals surface area contributed by atoms with Gasteiger partial charge < -0.3 is 14.7 Å². The fraction of sp³-hybridized carbons (Fsp3) is 0.333. The van der Waals surface area contributed by atoms with E-state index in [0.29, 0.717) is 0 Å². The summed E-state index contributed by atoms with van der Waals surface area (Å²) in [5.74, 6) is 1.82. The van der Waals surface area contributed by atoms with Crippen LogP contribution in [0.25, 0.3) is 0 Å². The molecule has 3 N–H and O–H groups in total. The summed E-state index contributed by atoms with van der Waals surface area (Å²) < 4.78 is 27.8. The number of terminal acetylenes is 1. The topological polar surface area (TPSA) is 113 Å². The third-order valence-corrected chi connectivity index (χ3v) is 2.65. The first-order chi connectivity index (χ1) is 5.27. The number of phosphoric ester groups is 1. The van der Waals surface area contributed by atoms with E-state index in [-0.39, 0.29) is 0 Å². The van der Waals surface area contributed by atoms with Crippen LogP contribution in [0.3, 0.4) is 0 Å². The quantitative estimate of drug-likeness (QED) is 0.442. The molecule has 0 amide bonds. The van der Waals surface area contributed by atoms with Crippen molar-refractivity contribution in [2.75, 3.05) is 6.61 Å². The molecule has 0 fully saturated rings. The van der Waals surface area contributed by atoms with Gasteiger partial charge in [-0.3, -0.25) is 4.52 Å². The summed E-state index contributed by atoms with van der Waals surface area (Å²) in [6.45, 7) is -0.576. The van der Waals surface area contributed by atoms with Gasteiger partial charge in [0.1, 0.15) is 6.61 Å². The highest BCUT2D eigenvalue weighted by Gasteiger charge is 2.31. The van der Waals surface area contributed by atoms with Gasteiger partial charge in [0.15, 0.2) is 0 Å². The highest BCUT2D eigenvalue weighted by molar-refractivity contribution is 7.60. The Morgan fingerprint density at radius 1 is 1.33 bits per heavy atom. The highest BCUT2D eigenvalue weighted by atomic mass is 31.3. The lowest BCUT2D eigenvalue weighted by Crippen LogP contribution is -1.93. The summed E-state index contributed by atoms with van der Waals surface area (Å²) in [6, 6.07) is 0. The van der Waals surface area contributed by atoms with Gasteiger partial charge in [-0.05, 0) is 0 Å². The Kier molecular flexibility index (Phi) is 4.11. The number of hydrogen-bond donors (Lipinski definition) is 3.